The zero-order chi connectivity index (χ0) is 11.7. The summed E-state index contributed by atoms with van der Waals surface area (Å²) in [6, 6.07) is -0.453. The van der Waals surface area contributed by atoms with Gasteiger partial charge in [0.1, 0.15) is 6.79 Å². The maximum absolute atomic E-state index is 11.0. The summed E-state index contributed by atoms with van der Waals surface area (Å²) in [4.78, 5) is 10.9. The van der Waals surface area contributed by atoms with Crippen molar-refractivity contribution in [2.24, 2.45) is 11.8 Å². The van der Waals surface area contributed by atoms with E-state index in [0.717, 1.165) is 12.8 Å². The predicted octanol–water partition coefficient (Wildman–Crippen LogP) is 1.83. The fourth-order valence-electron chi connectivity index (χ4n) is 2.87. The summed E-state index contributed by atoms with van der Waals surface area (Å²) < 4.78 is 10.8. The van der Waals surface area contributed by atoms with Gasteiger partial charge < -0.3 is 9.47 Å². The van der Waals surface area contributed by atoms with Gasteiger partial charge in [-0.1, -0.05) is 13.8 Å². The van der Waals surface area contributed by atoms with Gasteiger partial charge in [-0.25, -0.2) is 0 Å². The van der Waals surface area contributed by atoms with Gasteiger partial charge >= 0.3 is 0 Å². The van der Waals surface area contributed by atoms with Crippen LogP contribution in [0.5, 0.6) is 0 Å². The van der Waals surface area contributed by atoms with Crippen LogP contribution in [0.2, 0.25) is 0 Å². The fraction of sp³-hybridized carbons (Fsp3) is 1.00. The second-order valence-electron chi connectivity index (χ2n) is 5.24. The molecule has 92 valence electrons. The highest BCUT2D eigenvalue weighted by atomic mass is 16.7. The van der Waals surface area contributed by atoms with Crippen molar-refractivity contribution in [1.82, 2.24) is 0 Å². The molecule has 2 fully saturated rings. The SMILES string of the molecule is CC(C)CC1CC2OCOC2CC1[N+](=O)[O-]. The molecule has 0 aromatic rings. The number of hydrogen-bond donors (Lipinski definition) is 0. The van der Waals surface area contributed by atoms with E-state index < -0.39 is 6.04 Å². The molecule has 1 aliphatic heterocycles. The average molecular weight is 229 g/mol. The third-order valence-electron chi connectivity index (χ3n) is 3.58. The van der Waals surface area contributed by atoms with E-state index in [1.807, 2.05) is 0 Å². The molecular formula is C11H19NO4. The van der Waals surface area contributed by atoms with Gasteiger partial charge in [0.2, 0.25) is 6.04 Å². The van der Waals surface area contributed by atoms with Crippen molar-refractivity contribution in [3.63, 3.8) is 0 Å². The average Bonchev–Trinajstić information content (AvgIpc) is 2.62. The molecule has 5 heteroatoms. The lowest BCUT2D eigenvalue weighted by Gasteiger charge is -2.32. The minimum atomic E-state index is -0.453. The number of nitro groups is 1. The summed E-state index contributed by atoms with van der Waals surface area (Å²) in [5.41, 5.74) is 0. The van der Waals surface area contributed by atoms with E-state index in [9.17, 15) is 10.1 Å². The van der Waals surface area contributed by atoms with E-state index in [1.54, 1.807) is 0 Å². The molecule has 1 saturated carbocycles. The maximum atomic E-state index is 11.0. The molecule has 0 amide bonds. The zero-order valence-corrected chi connectivity index (χ0v) is 9.80. The highest BCUT2D eigenvalue weighted by molar-refractivity contribution is 4.89. The number of fused-ring (bicyclic) bond motifs is 1. The Kier molecular flexibility index (Phi) is 3.44. The first-order valence-corrected chi connectivity index (χ1v) is 5.94. The molecule has 1 saturated heterocycles. The highest BCUT2D eigenvalue weighted by Gasteiger charge is 2.46. The fourth-order valence-corrected chi connectivity index (χ4v) is 2.87. The standard InChI is InChI=1S/C11H19NO4/c1-7(2)3-8-4-10-11(16-6-15-10)5-9(8)12(13)14/h7-11H,3-6H2,1-2H3. The van der Waals surface area contributed by atoms with Crippen molar-refractivity contribution >= 4 is 0 Å². The van der Waals surface area contributed by atoms with E-state index in [4.69, 9.17) is 9.47 Å². The normalized spacial score (nSPS) is 38.7. The molecular weight excluding hydrogens is 210 g/mol. The van der Waals surface area contributed by atoms with Gasteiger partial charge in [0.05, 0.1) is 12.2 Å². The van der Waals surface area contributed by atoms with Gasteiger partial charge in [0.25, 0.3) is 0 Å². The molecule has 0 spiro atoms. The molecule has 0 aromatic heterocycles. The van der Waals surface area contributed by atoms with Crippen molar-refractivity contribution in [1.29, 1.82) is 0 Å². The second kappa shape index (κ2) is 4.67. The van der Waals surface area contributed by atoms with Crippen molar-refractivity contribution in [2.75, 3.05) is 6.79 Å². The predicted molar refractivity (Wildman–Crippen MR) is 57.6 cm³/mol. The molecule has 1 heterocycles. The first-order chi connectivity index (χ1) is 7.58. The molecule has 16 heavy (non-hydrogen) atoms. The largest absolute Gasteiger partial charge is 0.349 e. The Morgan fingerprint density at radius 1 is 1.31 bits per heavy atom. The van der Waals surface area contributed by atoms with Crippen LogP contribution in [-0.2, 0) is 9.47 Å². The highest BCUT2D eigenvalue weighted by Crippen LogP contribution is 2.36. The molecule has 4 atom stereocenters. The van der Waals surface area contributed by atoms with Crippen molar-refractivity contribution in [2.45, 2.75) is 51.4 Å². The van der Waals surface area contributed by atoms with Crippen molar-refractivity contribution in [3.05, 3.63) is 10.1 Å². The van der Waals surface area contributed by atoms with Crippen LogP contribution in [0.25, 0.3) is 0 Å². The second-order valence-corrected chi connectivity index (χ2v) is 5.24. The Morgan fingerprint density at radius 2 is 1.94 bits per heavy atom. The third-order valence-corrected chi connectivity index (χ3v) is 3.58. The van der Waals surface area contributed by atoms with E-state index in [2.05, 4.69) is 13.8 Å². The van der Waals surface area contributed by atoms with Crippen LogP contribution >= 0.6 is 0 Å². The molecule has 0 radical (unpaired) electrons. The van der Waals surface area contributed by atoms with Gasteiger partial charge in [0, 0.05) is 17.3 Å². The Balaban J connectivity index is 2.04. The summed E-state index contributed by atoms with van der Waals surface area (Å²) in [6.07, 6.45) is 2.21. The first kappa shape index (κ1) is 11.8. The number of nitrogens with zero attached hydrogens (tertiary/aromatic N) is 1. The molecule has 0 aromatic carbocycles. The van der Waals surface area contributed by atoms with Gasteiger partial charge in [-0.3, -0.25) is 10.1 Å². The minimum absolute atomic E-state index is 0.0567. The molecule has 4 unspecified atom stereocenters. The van der Waals surface area contributed by atoms with Crippen LogP contribution in [0.1, 0.15) is 33.1 Å². The number of rotatable bonds is 3. The third kappa shape index (κ3) is 2.35. The minimum Gasteiger partial charge on any atom is -0.349 e. The molecule has 5 nitrogen and oxygen atoms in total. The lowest BCUT2D eigenvalue weighted by molar-refractivity contribution is -0.538. The monoisotopic (exact) mass is 229 g/mol. The molecule has 2 rings (SSSR count). The molecule has 0 bridgehead atoms. The van der Waals surface area contributed by atoms with Gasteiger partial charge in [-0.05, 0) is 18.8 Å². The van der Waals surface area contributed by atoms with E-state index in [-0.39, 0.29) is 23.0 Å². The van der Waals surface area contributed by atoms with Crippen molar-refractivity contribution < 1.29 is 14.4 Å². The summed E-state index contributed by atoms with van der Waals surface area (Å²) in [5, 5.41) is 11.0. The Bertz CT molecular complexity index is 269. The Morgan fingerprint density at radius 3 is 2.50 bits per heavy atom. The van der Waals surface area contributed by atoms with Gasteiger partial charge in [-0.2, -0.15) is 0 Å². The Labute approximate surface area is 95.3 Å². The summed E-state index contributed by atoms with van der Waals surface area (Å²) in [7, 11) is 0. The quantitative estimate of drug-likeness (QED) is 0.547. The molecule has 2 aliphatic rings. The number of ether oxygens (including phenoxy) is 2. The lowest BCUT2D eigenvalue weighted by Crippen LogP contribution is -2.44. The molecule has 1 aliphatic carbocycles. The summed E-state index contributed by atoms with van der Waals surface area (Å²) in [5.74, 6) is 0.629. The van der Waals surface area contributed by atoms with E-state index >= 15 is 0 Å². The Hall–Kier alpha value is -0.680. The lowest BCUT2D eigenvalue weighted by atomic mass is 9.77. The number of hydrogen-bond acceptors (Lipinski definition) is 4. The summed E-state index contributed by atoms with van der Waals surface area (Å²) in [6.45, 7) is 4.51. The van der Waals surface area contributed by atoms with Crippen LogP contribution in [0.3, 0.4) is 0 Å². The van der Waals surface area contributed by atoms with Crippen molar-refractivity contribution in [3.8, 4) is 0 Å². The topological polar surface area (TPSA) is 61.6 Å². The van der Waals surface area contributed by atoms with Gasteiger partial charge in [0.15, 0.2) is 0 Å². The smallest absolute Gasteiger partial charge is 0.218 e. The zero-order valence-electron chi connectivity index (χ0n) is 9.80. The van der Waals surface area contributed by atoms with Crippen LogP contribution in [0, 0.1) is 22.0 Å². The van der Waals surface area contributed by atoms with Crippen LogP contribution in [-0.4, -0.2) is 30.0 Å². The van der Waals surface area contributed by atoms with Crippen LogP contribution in [0.4, 0.5) is 0 Å². The molecule has 0 N–H and O–H groups in total. The summed E-state index contributed by atoms with van der Waals surface area (Å²) >= 11 is 0. The van der Waals surface area contributed by atoms with E-state index in [0.29, 0.717) is 19.1 Å². The van der Waals surface area contributed by atoms with Crippen LogP contribution in [0.15, 0.2) is 0 Å². The first-order valence-electron chi connectivity index (χ1n) is 5.94. The van der Waals surface area contributed by atoms with Crippen LogP contribution < -0.4 is 0 Å². The van der Waals surface area contributed by atoms with Gasteiger partial charge in [-0.15, -0.1) is 0 Å². The van der Waals surface area contributed by atoms with E-state index in [1.165, 1.54) is 0 Å². The maximum Gasteiger partial charge on any atom is 0.218 e.